The van der Waals surface area contributed by atoms with Gasteiger partial charge in [0.25, 0.3) is 5.91 Å². The zero-order valence-electron chi connectivity index (χ0n) is 17.3. The van der Waals surface area contributed by atoms with Gasteiger partial charge >= 0.3 is 5.97 Å². The Morgan fingerprint density at radius 1 is 0.800 bits per heavy atom. The molecule has 0 aromatic heterocycles. The highest BCUT2D eigenvalue weighted by Gasteiger charge is 2.16. The van der Waals surface area contributed by atoms with Crippen LogP contribution in [0.25, 0.3) is 0 Å². The van der Waals surface area contributed by atoms with E-state index in [0.29, 0.717) is 11.3 Å². The maximum absolute atomic E-state index is 12.6. The number of aryl methyl sites for hydroxylation is 2. The molecule has 0 fully saturated rings. The molecule has 5 heteroatoms. The van der Waals surface area contributed by atoms with Crippen molar-refractivity contribution in [3.05, 3.63) is 89.5 Å². The molecule has 30 heavy (non-hydrogen) atoms. The summed E-state index contributed by atoms with van der Waals surface area (Å²) in [6, 6.07) is 22.6. The molecule has 0 aliphatic rings. The van der Waals surface area contributed by atoms with Gasteiger partial charge in [0.05, 0.1) is 11.3 Å². The summed E-state index contributed by atoms with van der Waals surface area (Å²) in [5, 5.41) is 6.12. The van der Waals surface area contributed by atoms with E-state index in [1.807, 2.05) is 68.4 Å². The number of carbonyl (C=O) groups excluding carboxylic acids is 2. The number of ether oxygens (including phenoxy) is 1. The molecule has 3 rings (SSSR count). The molecule has 1 amide bonds. The number of hydrogen-bond donors (Lipinski definition) is 2. The quantitative estimate of drug-likeness (QED) is 0.499. The molecule has 0 saturated heterocycles. The van der Waals surface area contributed by atoms with E-state index in [9.17, 15) is 9.59 Å². The fraction of sp³-hybridized carbons (Fsp3) is 0.200. The first-order valence-corrected chi connectivity index (χ1v) is 10.1. The number of hydrogen-bond acceptors (Lipinski definition) is 4. The number of anilines is 3. The Balaban J connectivity index is 1.66. The smallest absolute Gasteiger partial charge is 0.340 e. The van der Waals surface area contributed by atoms with Crippen molar-refractivity contribution in [1.29, 1.82) is 0 Å². The summed E-state index contributed by atoms with van der Waals surface area (Å²) in [5.41, 5.74) is 4.79. The van der Waals surface area contributed by atoms with Crippen molar-refractivity contribution < 1.29 is 14.3 Å². The Kier molecular flexibility index (Phi) is 7.22. The van der Waals surface area contributed by atoms with Crippen molar-refractivity contribution in [1.82, 2.24) is 0 Å². The van der Waals surface area contributed by atoms with E-state index in [1.54, 1.807) is 18.2 Å². The van der Waals surface area contributed by atoms with Gasteiger partial charge in [-0.15, -0.1) is 0 Å². The number of carbonyl (C=O) groups is 2. The minimum atomic E-state index is -0.552. The minimum Gasteiger partial charge on any atom is -0.452 e. The van der Waals surface area contributed by atoms with Gasteiger partial charge in [-0.1, -0.05) is 62.4 Å². The minimum absolute atomic E-state index is 0.348. The Labute approximate surface area is 177 Å². The molecule has 0 unspecified atom stereocenters. The molecule has 0 aliphatic heterocycles. The molecule has 5 nitrogen and oxygen atoms in total. The van der Waals surface area contributed by atoms with Crippen LogP contribution in [0.5, 0.6) is 0 Å². The summed E-state index contributed by atoms with van der Waals surface area (Å²) in [4.78, 5) is 25.1. The van der Waals surface area contributed by atoms with E-state index in [4.69, 9.17) is 4.74 Å². The van der Waals surface area contributed by atoms with E-state index in [0.717, 1.165) is 35.3 Å². The zero-order chi connectivity index (χ0) is 21.3. The topological polar surface area (TPSA) is 67.4 Å². The van der Waals surface area contributed by atoms with Crippen LogP contribution in [0, 0.1) is 0 Å². The molecule has 0 aliphatic carbocycles. The fourth-order valence-electron chi connectivity index (χ4n) is 3.23. The molecule has 2 N–H and O–H groups in total. The first-order valence-electron chi connectivity index (χ1n) is 10.1. The summed E-state index contributed by atoms with van der Waals surface area (Å²) in [6.45, 7) is 3.74. The second-order valence-electron chi connectivity index (χ2n) is 6.82. The van der Waals surface area contributed by atoms with E-state index in [2.05, 4.69) is 10.6 Å². The van der Waals surface area contributed by atoms with Gasteiger partial charge in [0.1, 0.15) is 0 Å². The Morgan fingerprint density at radius 3 is 2.10 bits per heavy atom. The third kappa shape index (κ3) is 5.26. The fourth-order valence-corrected chi connectivity index (χ4v) is 3.23. The second-order valence-corrected chi connectivity index (χ2v) is 6.82. The normalized spacial score (nSPS) is 10.3. The van der Waals surface area contributed by atoms with Crippen LogP contribution in [-0.4, -0.2) is 18.5 Å². The lowest BCUT2D eigenvalue weighted by Gasteiger charge is -2.15. The third-order valence-corrected chi connectivity index (χ3v) is 4.80. The number of amides is 1. The van der Waals surface area contributed by atoms with Crippen molar-refractivity contribution in [3.8, 4) is 0 Å². The Hall–Kier alpha value is -3.60. The lowest BCUT2D eigenvalue weighted by molar-refractivity contribution is -0.119. The van der Waals surface area contributed by atoms with E-state index in [1.165, 1.54) is 0 Å². The van der Waals surface area contributed by atoms with Crippen molar-refractivity contribution in [2.45, 2.75) is 26.7 Å². The highest BCUT2D eigenvalue weighted by atomic mass is 16.5. The first kappa shape index (κ1) is 21.1. The van der Waals surface area contributed by atoms with Gasteiger partial charge in [0.15, 0.2) is 6.61 Å². The van der Waals surface area contributed by atoms with Gasteiger partial charge in [0, 0.05) is 11.4 Å². The summed E-state index contributed by atoms with van der Waals surface area (Å²) >= 11 is 0. The number of para-hydroxylation sites is 3. The molecule has 0 spiro atoms. The monoisotopic (exact) mass is 402 g/mol. The molecule has 0 radical (unpaired) electrons. The molecule has 3 aromatic rings. The third-order valence-electron chi connectivity index (χ3n) is 4.80. The van der Waals surface area contributed by atoms with Crippen LogP contribution in [0.1, 0.15) is 35.3 Å². The van der Waals surface area contributed by atoms with E-state index >= 15 is 0 Å². The average Bonchev–Trinajstić information content (AvgIpc) is 2.78. The number of benzene rings is 3. The van der Waals surface area contributed by atoms with Crippen LogP contribution in [-0.2, 0) is 22.4 Å². The summed E-state index contributed by atoms with van der Waals surface area (Å²) in [7, 11) is 0. The van der Waals surface area contributed by atoms with E-state index in [-0.39, 0.29) is 12.5 Å². The molecular formula is C25H26N2O3. The lowest BCUT2D eigenvalue weighted by Crippen LogP contribution is -2.22. The first-order chi connectivity index (χ1) is 14.6. The molecule has 0 heterocycles. The molecule has 0 atom stereocenters. The maximum Gasteiger partial charge on any atom is 0.340 e. The molecule has 154 valence electrons. The zero-order valence-corrected chi connectivity index (χ0v) is 17.3. The summed E-state index contributed by atoms with van der Waals surface area (Å²) < 4.78 is 5.30. The van der Waals surface area contributed by atoms with Gasteiger partial charge in [-0.25, -0.2) is 4.79 Å². The van der Waals surface area contributed by atoms with Gasteiger partial charge < -0.3 is 15.4 Å². The predicted octanol–water partition coefficient (Wildman–Crippen LogP) is 5.35. The number of rotatable bonds is 8. The van der Waals surface area contributed by atoms with E-state index < -0.39 is 5.97 Å². The van der Waals surface area contributed by atoms with Gasteiger partial charge in [-0.05, 0) is 48.2 Å². The van der Waals surface area contributed by atoms with Crippen LogP contribution in [0.3, 0.4) is 0 Å². The lowest BCUT2D eigenvalue weighted by atomic mass is 10.0. The highest BCUT2D eigenvalue weighted by Crippen LogP contribution is 2.23. The summed E-state index contributed by atoms with van der Waals surface area (Å²) in [6.07, 6.45) is 1.61. The Bertz CT molecular complexity index is 994. The number of nitrogens with one attached hydrogen (secondary N) is 2. The molecule has 3 aromatic carbocycles. The van der Waals surface area contributed by atoms with Crippen LogP contribution >= 0.6 is 0 Å². The average molecular weight is 402 g/mol. The summed E-state index contributed by atoms with van der Waals surface area (Å²) in [5.74, 6) is -0.906. The predicted molar refractivity (Wildman–Crippen MR) is 120 cm³/mol. The molecular weight excluding hydrogens is 376 g/mol. The second kappa shape index (κ2) is 10.3. The van der Waals surface area contributed by atoms with Crippen LogP contribution in [0.2, 0.25) is 0 Å². The standard InChI is InChI=1S/C25H26N2O3/c1-3-18-11-10-12-19(4-2)24(18)27-23(28)17-30-25(29)21-15-8-9-16-22(21)26-20-13-6-5-7-14-20/h5-16,26H,3-4,17H2,1-2H3,(H,27,28). The van der Waals surface area contributed by atoms with Gasteiger partial charge in [-0.2, -0.15) is 0 Å². The van der Waals surface area contributed by atoms with Crippen molar-refractivity contribution in [3.63, 3.8) is 0 Å². The van der Waals surface area contributed by atoms with Crippen LogP contribution in [0.15, 0.2) is 72.8 Å². The van der Waals surface area contributed by atoms with Crippen LogP contribution < -0.4 is 10.6 Å². The van der Waals surface area contributed by atoms with Gasteiger partial charge in [-0.3, -0.25) is 4.79 Å². The van der Waals surface area contributed by atoms with Gasteiger partial charge in [0.2, 0.25) is 0 Å². The SMILES string of the molecule is CCc1cccc(CC)c1NC(=O)COC(=O)c1ccccc1Nc1ccccc1. The largest absolute Gasteiger partial charge is 0.452 e. The van der Waals surface area contributed by atoms with Crippen molar-refractivity contribution in [2.24, 2.45) is 0 Å². The van der Waals surface area contributed by atoms with Crippen molar-refractivity contribution in [2.75, 3.05) is 17.2 Å². The Morgan fingerprint density at radius 2 is 1.43 bits per heavy atom. The van der Waals surface area contributed by atoms with Crippen LogP contribution in [0.4, 0.5) is 17.1 Å². The maximum atomic E-state index is 12.6. The molecule has 0 saturated carbocycles. The molecule has 0 bridgehead atoms. The number of esters is 1. The highest BCUT2D eigenvalue weighted by molar-refractivity contribution is 5.99. The van der Waals surface area contributed by atoms with Crippen molar-refractivity contribution >= 4 is 28.9 Å².